The highest BCUT2D eigenvalue weighted by Crippen LogP contribution is 2.24. The maximum absolute atomic E-state index is 12.8. The van der Waals surface area contributed by atoms with Crippen molar-refractivity contribution in [2.75, 3.05) is 44.3 Å². The zero-order valence-electron chi connectivity index (χ0n) is 17.1. The maximum Gasteiger partial charge on any atom is 0.267 e. The molecule has 0 spiro atoms. The fourth-order valence-electron chi connectivity index (χ4n) is 3.96. The summed E-state index contributed by atoms with van der Waals surface area (Å²) in [5.74, 6) is -0.0249. The minimum absolute atomic E-state index is 0.0249. The Labute approximate surface area is 179 Å². The van der Waals surface area contributed by atoms with Crippen LogP contribution in [0.2, 0.25) is 0 Å². The van der Waals surface area contributed by atoms with Crippen molar-refractivity contribution < 1.29 is 9.53 Å². The van der Waals surface area contributed by atoms with Gasteiger partial charge in [0.05, 0.1) is 24.9 Å². The number of hydrogen-bond acceptors (Lipinski definition) is 6. The molecule has 0 bridgehead atoms. The largest absolute Gasteiger partial charge is 0.378 e. The first-order chi connectivity index (χ1) is 15.2. The predicted octanol–water partition coefficient (Wildman–Crippen LogP) is 1.84. The van der Waals surface area contributed by atoms with Crippen LogP contribution in [-0.2, 0) is 4.74 Å². The maximum atomic E-state index is 12.8. The fraction of sp³-hybridized carbons (Fsp3) is 0.304. The van der Waals surface area contributed by atoms with Gasteiger partial charge < -0.3 is 14.5 Å². The SMILES string of the molecule is O=C(c1ccc(N2CCOCC2)cc1)N1CC(n2nc(-c3ccncc3)ccc2=O)C1. The second kappa shape index (κ2) is 8.31. The lowest BCUT2D eigenvalue weighted by molar-refractivity contribution is 0.0493. The summed E-state index contributed by atoms with van der Waals surface area (Å²) in [6.45, 7) is 4.12. The van der Waals surface area contributed by atoms with E-state index in [4.69, 9.17) is 4.74 Å². The smallest absolute Gasteiger partial charge is 0.267 e. The third-order valence-electron chi connectivity index (χ3n) is 5.79. The number of anilines is 1. The summed E-state index contributed by atoms with van der Waals surface area (Å²) in [7, 11) is 0. The van der Waals surface area contributed by atoms with Crippen molar-refractivity contribution in [1.29, 1.82) is 0 Å². The molecule has 158 valence electrons. The van der Waals surface area contributed by atoms with E-state index in [-0.39, 0.29) is 17.5 Å². The normalized spacial score (nSPS) is 16.8. The molecule has 5 rings (SSSR count). The van der Waals surface area contributed by atoms with Crippen LogP contribution < -0.4 is 10.5 Å². The Balaban J connectivity index is 1.25. The molecule has 1 aromatic carbocycles. The first-order valence-corrected chi connectivity index (χ1v) is 10.4. The molecule has 0 N–H and O–H groups in total. The molecule has 4 heterocycles. The summed E-state index contributed by atoms with van der Waals surface area (Å²) in [6, 6.07) is 14.5. The average molecular weight is 417 g/mol. The van der Waals surface area contributed by atoms with Crippen molar-refractivity contribution in [3.8, 4) is 11.3 Å². The molecule has 2 fully saturated rings. The van der Waals surface area contributed by atoms with Crippen LogP contribution in [0.15, 0.2) is 65.7 Å². The molecule has 8 nitrogen and oxygen atoms in total. The Morgan fingerprint density at radius 3 is 2.35 bits per heavy atom. The number of rotatable bonds is 4. The molecule has 2 aromatic heterocycles. The number of hydrogen-bond donors (Lipinski definition) is 0. The van der Waals surface area contributed by atoms with Crippen LogP contribution in [-0.4, -0.2) is 65.0 Å². The van der Waals surface area contributed by atoms with Crippen LogP contribution in [0.3, 0.4) is 0 Å². The van der Waals surface area contributed by atoms with E-state index in [2.05, 4.69) is 15.0 Å². The number of likely N-dealkylation sites (tertiary alicyclic amines) is 1. The topological polar surface area (TPSA) is 80.6 Å². The number of ether oxygens (including phenoxy) is 1. The van der Waals surface area contributed by atoms with Crippen molar-refractivity contribution in [1.82, 2.24) is 19.7 Å². The minimum Gasteiger partial charge on any atom is -0.378 e. The highest BCUT2D eigenvalue weighted by atomic mass is 16.5. The van der Waals surface area contributed by atoms with E-state index in [0.29, 0.717) is 24.3 Å². The first kappa shape index (κ1) is 19.4. The van der Waals surface area contributed by atoms with Gasteiger partial charge in [-0.05, 0) is 42.5 Å². The number of pyridine rings is 1. The van der Waals surface area contributed by atoms with Gasteiger partial charge in [-0.3, -0.25) is 14.6 Å². The third-order valence-corrected chi connectivity index (χ3v) is 5.79. The van der Waals surface area contributed by atoms with E-state index in [1.165, 1.54) is 10.7 Å². The summed E-state index contributed by atoms with van der Waals surface area (Å²) < 4.78 is 6.88. The Bertz CT molecular complexity index is 1120. The van der Waals surface area contributed by atoms with E-state index < -0.39 is 0 Å². The van der Waals surface area contributed by atoms with E-state index in [1.54, 1.807) is 23.4 Å². The lowest BCUT2D eigenvalue weighted by Crippen LogP contribution is -2.53. The molecule has 2 saturated heterocycles. The number of amides is 1. The van der Waals surface area contributed by atoms with E-state index in [0.717, 1.165) is 37.6 Å². The number of morpholine rings is 1. The quantitative estimate of drug-likeness (QED) is 0.645. The number of nitrogens with zero attached hydrogens (tertiary/aromatic N) is 5. The van der Waals surface area contributed by atoms with Gasteiger partial charge in [-0.1, -0.05) is 0 Å². The second-order valence-corrected chi connectivity index (χ2v) is 7.75. The molecule has 0 atom stereocenters. The average Bonchev–Trinajstić information content (AvgIpc) is 2.80. The monoisotopic (exact) mass is 417 g/mol. The van der Waals surface area contributed by atoms with Gasteiger partial charge in [-0.2, -0.15) is 5.10 Å². The van der Waals surface area contributed by atoms with Crippen molar-refractivity contribution in [2.24, 2.45) is 0 Å². The van der Waals surface area contributed by atoms with Gasteiger partial charge in [0, 0.05) is 61.5 Å². The van der Waals surface area contributed by atoms with E-state index in [1.807, 2.05) is 36.4 Å². The summed E-state index contributed by atoms with van der Waals surface area (Å²) >= 11 is 0. The molecule has 31 heavy (non-hydrogen) atoms. The molecule has 0 aliphatic carbocycles. The van der Waals surface area contributed by atoms with Gasteiger partial charge in [0.15, 0.2) is 0 Å². The Hall–Kier alpha value is -3.52. The molecule has 2 aliphatic heterocycles. The molecule has 0 radical (unpaired) electrons. The van der Waals surface area contributed by atoms with Gasteiger partial charge in [-0.25, -0.2) is 4.68 Å². The molecule has 1 amide bonds. The van der Waals surface area contributed by atoms with Crippen molar-refractivity contribution in [3.05, 3.63) is 76.8 Å². The fourth-order valence-corrected chi connectivity index (χ4v) is 3.96. The molecule has 8 heteroatoms. The van der Waals surface area contributed by atoms with Crippen LogP contribution in [0.4, 0.5) is 5.69 Å². The van der Waals surface area contributed by atoms with E-state index in [9.17, 15) is 9.59 Å². The number of carbonyl (C=O) groups excluding carboxylic acids is 1. The van der Waals surface area contributed by atoms with Gasteiger partial charge in [0.1, 0.15) is 0 Å². The number of aromatic nitrogens is 3. The molecule has 3 aromatic rings. The number of benzene rings is 1. The Morgan fingerprint density at radius 2 is 1.65 bits per heavy atom. The zero-order valence-corrected chi connectivity index (χ0v) is 17.1. The summed E-state index contributed by atoms with van der Waals surface area (Å²) in [5.41, 5.74) is 3.21. The minimum atomic E-state index is -0.162. The molecular weight excluding hydrogens is 394 g/mol. The van der Waals surface area contributed by atoms with Crippen LogP contribution in [0.25, 0.3) is 11.3 Å². The Kier molecular flexibility index (Phi) is 5.21. The molecular formula is C23H23N5O3. The van der Waals surface area contributed by atoms with Gasteiger partial charge >= 0.3 is 0 Å². The summed E-state index contributed by atoms with van der Waals surface area (Å²) in [4.78, 5) is 33.2. The van der Waals surface area contributed by atoms with Crippen LogP contribution in [0.1, 0.15) is 16.4 Å². The van der Waals surface area contributed by atoms with Gasteiger partial charge in [0.2, 0.25) is 0 Å². The summed E-state index contributed by atoms with van der Waals surface area (Å²) in [5, 5.41) is 4.52. The highest BCUT2D eigenvalue weighted by molar-refractivity contribution is 5.95. The molecule has 2 aliphatic rings. The second-order valence-electron chi connectivity index (χ2n) is 7.75. The number of carbonyl (C=O) groups is 1. The van der Waals surface area contributed by atoms with Gasteiger partial charge in [0.25, 0.3) is 11.5 Å². The predicted molar refractivity (Wildman–Crippen MR) is 116 cm³/mol. The molecule has 0 unspecified atom stereocenters. The van der Waals surface area contributed by atoms with Crippen molar-refractivity contribution >= 4 is 11.6 Å². The standard InChI is InChI=1S/C23H23N5O3/c29-22-6-5-21(17-7-9-24-10-8-17)25-28(22)20-15-27(16-20)23(30)18-1-3-19(4-2-18)26-11-13-31-14-12-26/h1-10,20H,11-16H2. The van der Waals surface area contributed by atoms with Gasteiger partial charge in [-0.15, -0.1) is 0 Å². The highest BCUT2D eigenvalue weighted by Gasteiger charge is 2.34. The Morgan fingerprint density at radius 1 is 0.935 bits per heavy atom. The van der Waals surface area contributed by atoms with Crippen LogP contribution in [0, 0.1) is 0 Å². The first-order valence-electron chi connectivity index (χ1n) is 10.4. The van der Waals surface area contributed by atoms with Crippen LogP contribution >= 0.6 is 0 Å². The van der Waals surface area contributed by atoms with Crippen LogP contribution in [0.5, 0.6) is 0 Å². The molecule has 0 saturated carbocycles. The zero-order chi connectivity index (χ0) is 21.2. The lowest BCUT2D eigenvalue weighted by atomic mass is 10.1. The third kappa shape index (κ3) is 3.94. The van der Waals surface area contributed by atoms with Crippen molar-refractivity contribution in [2.45, 2.75) is 6.04 Å². The van der Waals surface area contributed by atoms with Crippen molar-refractivity contribution in [3.63, 3.8) is 0 Å². The van der Waals surface area contributed by atoms with E-state index >= 15 is 0 Å². The lowest BCUT2D eigenvalue weighted by Gasteiger charge is -2.39. The summed E-state index contributed by atoms with van der Waals surface area (Å²) in [6.07, 6.45) is 3.39.